The Morgan fingerprint density at radius 3 is 1.54 bits per heavy atom. The zero-order valence-corrected chi connectivity index (χ0v) is 27.9. The van der Waals surface area contributed by atoms with E-state index in [1.165, 1.54) is 0 Å². The average molecular weight is 783 g/mol. The Bertz CT molecular complexity index is 1100. The number of halogens is 15. The van der Waals surface area contributed by atoms with E-state index < -0.39 is 33.5 Å². The minimum Gasteiger partial charge on any atom is -0.121 e. The smallest absolute Gasteiger partial charge is 0.121 e. The van der Waals surface area contributed by atoms with Crippen molar-refractivity contribution in [2.24, 2.45) is 23.7 Å². The van der Waals surface area contributed by atoms with E-state index in [4.69, 9.17) is 174 Å². The standard InChI is InChI=1S/C10H6Cl8.C10H5Cl7/c11-3-1-2-4(5(3)12)9(16)7(14)6(13)8(2,15)10(9,17)18;11-4-2-1-3-5(4)9(15)7(13)6(12)8(3,14)10(9,16)17/h2-5H,1H2;1-5H. The van der Waals surface area contributed by atoms with Gasteiger partial charge in [0.1, 0.15) is 19.5 Å². The Hall–Kier alpha value is 3.57. The molecule has 15 heteroatoms. The van der Waals surface area contributed by atoms with Crippen molar-refractivity contribution in [3.05, 3.63) is 32.3 Å². The van der Waals surface area contributed by atoms with Gasteiger partial charge in [-0.05, 0) is 12.3 Å². The van der Waals surface area contributed by atoms with Crippen LogP contribution in [0.3, 0.4) is 0 Å². The number of alkyl halides is 11. The highest BCUT2D eigenvalue weighted by molar-refractivity contribution is 6.67. The summed E-state index contributed by atoms with van der Waals surface area (Å²) in [6.45, 7) is 0. The monoisotopic (exact) mass is 776 g/mol. The lowest BCUT2D eigenvalue weighted by Gasteiger charge is -2.35. The molecule has 3 saturated carbocycles. The molecule has 0 aromatic carbocycles. The Labute approximate surface area is 277 Å². The van der Waals surface area contributed by atoms with E-state index in [9.17, 15) is 0 Å². The highest BCUT2D eigenvalue weighted by Crippen LogP contribution is 2.80. The van der Waals surface area contributed by atoms with Crippen LogP contribution in [0.15, 0.2) is 32.3 Å². The normalized spacial score (nSPS) is 56.0. The second-order valence-electron chi connectivity index (χ2n) is 9.46. The van der Waals surface area contributed by atoms with Crippen molar-refractivity contribution in [1.29, 1.82) is 0 Å². The molecule has 0 heterocycles. The van der Waals surface area contributed by atoms with Crippen LogP contribution in [0.4, 0.5) is 0 Å². The van der Waals surface area contributed by atoms with Crippen LogP contribution < -0.4 is 0 Å². The number of fused-ring (bicyclic) bond motifs is 10. The van der Waals surface area contributed by atoms with Crippen molar-refractivity contribution in [1.82, 2.24) is 0 Å². The first-order valence-electron chi connectivity index (χ1n) is 10.1. The Kier molecular flexibility index (Phi) is 7.55. The number of hydrogen-bond acceptors (Lipinski definition) is 0. The topological polar surface area (TPSA) is 0 Å². The highest BCUT2D eigenvalue weighted by atomic mass is 35.5. The van der Waals surface area contributed by atoms with Crippen molar-refractivity contribution < 1.29 is 0 Å². The van der Waals surface area contributed by atoms with Gasteiger partial charge in [0, 0.05) is 17.8 Å². The van der Waals surface area contributed by atoms with Gasteiger partial charge in [-0.3, -0.25) is 0 Å². The third kappa shape index (κ3) is 3.06. The molecule has 0 aromatic heterocycles. The van der Waals surface area contributed by atoms with E-state index in [2.05, 4.69) is 0 Å². The number of rotatable bonds is 0. The molecule has 0 N–H and O–H groups in total. The summed E-state index contributed by atoms with van der Waals surface area (Å²) in [5.41, 5.74) is 0. The molecule has 4 bridgehead atoms. The minimum absolute atomic E-state index is 0.184. The molecule has 0 saturated heterocycles. The molecular formula is C20H11Cl15. The van der Waals surface area contributed by atoms with Crippen molar-refractivity contribution in [2.45, 2.75) is 50.7 Å². The quantitative estimate of drug-likeness (QED) is 0.170. The third-order valence-corrected chi connectivity index (χ3v) is 18.4. The lowest BCUT2D eigenvalue weighted by atomic mass is 9.84. The van der Waals surface area contributed by atoms with Gasteiger partial charge in [-0.15, -0.1) is 81.2 Å². The van der Waals surface area contributed by atoms with Crippen molar-refractivity contribution in [3.63, 3.8) is 0 Å². The molecular weight excluding hydrogens is 772 g/mol. The lowest BCUT2D eigenvalue weighted by molar-refractivity contribution is 0.385. The van der Waals surface area contributed by atoms with Crippen LogP contribution in [0.2, 0.25) is 0 Å². The second kappa shape index (κ2) is 8.80. The molecule has 0 radical (unpaired) electrons. The van der Waals surface area contributed by atoms with Gasteiger partial charge in [0.25, 0.3) is 0 Å². The fourth-order valence-electron chi connectivity index (χ4n) is 6.56. The zero-order valence-electron chi connectivity index (χ0n) is 16.6. The molecule has 6 rings (SSSR count). The van der Waals surface area contributed by atoms with Crippen molar-refractivity contribution in [3.8, 4) is 0 Å². The fourth-order valence-corrected chi connectivity index (χ4v) is 14.1. The van der Waals surface area contributed by atoms with Crippen LogP contribution in [0, 0.1) is 23.7 Å². The van der Waals surface area contributed by atoms with E-state index in [0.29, 0.717) is 6.42 Å². The maximum absolute atomic E-state index is 6.62. The van der Waals surface area contributed by atoms with Gasteiger partial charge in [-0.1, -0.05) is 105 Å². The summed E-state index contributed by atoms with van der Waals surface area (Å²) in [6.07, 6.45) is 4.25. The van der Waals surface area contributed by atoms with Gasteiger partial charge in [-0.2, -0.15) is 0 Å². The number of hydrogen-bond donors (Lipinski definition) is 0. The van der Waals surface area contributed by atoms with Gasteiger partial charge < -0.3 is 0 Å². The summed E-state index contributed by atoms with van der Waals surface area (Å²) in [7, 11) is 0. The fraction of sp³-hybridized carbons (Fsp3) is 0.700. The molecule has 196 valence electrons. The SMILES string of the molecule is ClC1=C(Cl)C2(Cl)C3C(Cl)C(Cl)CC3C1(Cl)C2(Cl)Cl.ClC1=C(Cl)C2(Cl)C3C(Cl)C=CC3C1(Cl)C2(Cl)Cl. The first-order valence-corrected chi connectivity index (χ1v) is 15.9. The van der Waals surface area contributed by atoms with Gasteiger partial charge in [0.15, 0.2) is 8.67 Å². The molecule has 11 unspecified atom stereocenters. The molecule has 0 amide bonds. The van der Waals surface area contributed by atoms with E-state index >= 15 is 0 Å². The van der Waals surface area contributed by atoms with Gasteiger partial charge in [-0.25, -0.2) is 0 Å². The van der Waals surface area contributed by atoms with Gasteiger partial charge in [0.05, 0.1) is 36.3 Å². The molecule has 6 aliphatic carbocycles. The first kappa shape index (κ1) is 30.0. The molecule has 35 heavy (non-hydrogen) atoms. The van der Waals surface area contributed by atoms with Crippen LogP contribution in [0.25, 0.3) is 0 Å². The molecule has 0 nitrogen and oxygen atoms in total. The molecule has 3 fully saturated rings. The van der Waals surface area contributed by atoms with E-state index in [-0.39, 0.29) is 54.6 Å². The van der Waals surface area contributed by atoms with Crippen molar-refractivity contribution >= 4 is 174 Å². The molecule has 0 aromatic rings. The number of allylic oxidation sites excluding steroid dienone is 6. The maximum Gasteiger partial charge on any atom is 0.167 e. The third-order valence-electron chi connectivity index (χ3n) is 8.21. The van der Waals surface area contributed by atoms with Crippen LogP contribution in [-0.2, 0) is 0 Å². The summed E-state index contributed by atoms with van der Waals surface area (Å²) in [6, 6.07) is 0. The van der Waals surface area contributed by atoms with E-state index in [0.717, 1.165) is 0 Å². The van der Waals surface area contributed by atoms with Crippen LogP contribution >= 0.6 is 174 Å². The Morgan fingerprint density at radius 1 is 0.571 bits per heavy atom. The second-order valence-corrected chi connectivity index (χ2v) is 17.6. The summed E-state index contributed by atoms with van der Waals surface area (Å²) in [5.74, 6) is -0.958. The Balaban J connectivity index is 0.000000145. The highest BCUT2D eigenvalue weighted by Gasteiger charge is 2.85. The van der Waals surface area contributed by atoms with E-state index in [1.807, 2.05) is 12.2 Å². The summed E-state index contributed by atoms with van der Waals surface area (Å²) >= 11 is 95.5. The zero-order chi connectivity index (χ0) is 26.5. The first-order chi connectivity index (χ1) is 15.8. The molecule has 0 aliphatic heterocycles. The predicted octanol–water partition coefficient (Wildman–Crippen LogP) is 10.9. The van der Waals surface area contributed by atoms with Crippen molar-refractivity contribution in [2.75, 3.05) is 0 Å². The van der Waals surface area contributed by atoms with E-state index in [1.54, 1.807) is 0 Å². The molecule has 11 atom stereocenters. The van der Waals surface area contributed by atoms with Crippen LogP contribution in [0.5, 0.6) is 0 Å². The van der Waals surface area contributed by atoms with Gasteiger partial charge >= 0.3 is 0 Å². The van der Waals surface area contributed by atoms with Gasteiger partial charge in [0.2, 0.25) is 0 Å². The summed E-state index contributed by atoms with van der Waals surface area (Å²) in [5, 5.41) is -0.146. The summed E-state index contributed by atoms with van der Waals surface area (Å²) < 4.78 is -2.98. The molecule has 0 spiro atoms. The Morgan fingerprint density at radius 2 is 1.00 bits per heavy atom. The lowest BCUT2D eigenvalue weighted by Crippen LogP contribution is -2.47. The molecule has 6 aliphatic rings. The van der Waals surface area contributed by atoms with Crippen LogP contribution in [0.1, 0.15) is 6.42 Å². The minimum atomic E-state index is -1.50. The summed E-state index contributed by atoms with van der Waals surface area (Å²) in [4.78, 5) is -4.95. The predicted molar refractivity (Wildman–Crippen MR) is 157 cm³/mol. The van der Waals surface area contributed by atoms with Crippen LogP contribution in [-0.4, -0.2) is 44.3 Å². The largest absolute Gasteiger partial charge is 0.167 e. The average Bonchev–Trinajstić information content (AvgIpc) is 3.44. The maximum atomic E-state index is 6.62.